The molecule has 0 bridgehead atoms. The third-order valence-corrected chi connectivity index (χ3v) is 4.24. The predicted molar refractivity (Wildman–Crippen MR) is 75.1 cm³/mol. The van der Waals surface area contributed by atoms with Crippen molar-refractivity contribution in [1.82, 2.24) is 0 Å². The van der Waals surface area contributed by atoms with Crippen molar-refractivity contribution < 1.29 is 21.9 Å². The van der Waals surface area contributed by atoms with Gasteiger partial charge in [0.2, 0.25) is 0 Å². The van der Waals surface area contributed by atoms with Crippen LogP contribution in [0.1, 0.15) is 5.56 Å². The minimum atomic E-state index is -3.78. The smallest absolute Gasteiger partial charge is 0.387 e. The highest BCUT2D eigenvalue weighted by Gasteiger charge is 2.16. The number of alkyl halides is 2. The second kappa shape index (κ2) is 6.09. The van der Waals surface area contributed by atoms with Crippen molar-refractivity contribution in [3.8, 4) is 5.75 Å². The van der Waals surface area contributed by atoms with E-state index < -0.39 is 16.6 Å². The van der Waals surface area contributed by atoms with Crippen LogP contribution in [0.4, 0.5) is 14.5 Å². The number of ether oxygens (including phenoxy) is 1. The summed E-state index contributed by atoms with van der Waals surface area (Å²) in [7, 11) is -3.78. The van der Waals surface area contributed by atoms with Crippen LogP contribution in [-0.2, 0) is 10.0 Å². The number of nitrogens with one attached hydrogen (secondary N) is 1. The second-order valence-electron chi connectivity index (χ2n) is 4.28. The average molecular weight is 313 g/mol. The maximum absolute atomic E-state index is 12.3. The molecule has 0 unspecified atom stereocenters. The van der Waals surface area contributed by atoms with E-state index in [1.165, 1.54) is 30.3 Å². The van der Waals surface area contributed by atoms with Crippen LogP contribution in [0.25, 0.3) is 0 Å². The summed E-state index contributed by atoms with van der Waals surface area (Å²) in [6, 6.07) is 11.9. The maximum atomic E-state index is 12.3. The number of anilines is 1. The first-order chi connectivity index (χ1) is 9.88. The molecule has 2 aromatic rings. The van der Waals surface area contributed by atoms with Crippen molar-refractivity contribution >= 4 is 15.7 Å². The quantitative estimate of drug-likeness (QED) is 0.920. The molecule has 2 rings (SSSR count). The summed E-state index contributed by atoms with van der Waals surface area (Å²) in [5, 5.41) is 0. The fraction of sp³-hybridized carbons (Fsp3) is 0.143. The highest BCUT2D eigenvalue weighted by Crippen LogP contribution is 2.23. The molecular formula is C14H13F2NO3S. The standard InChI is InChI=1S/C14H13F2NO3S/c1-10-5-2-3-8-13(10)21(18,19)17-11-6-4-7-12(9-11)20-14(15)16/h2-9,14,17H,1H3. The van der Waals surface area contributed by atoms with E-state index in [1.807, 2.05) is 0 Å². The van der Waals surface area contributed by atoms with Crippen molar-refractivity contribution in [2.45, 2.75) is 18.4 Å². The Bertz CT molecular complexity index is 733. The zero-order valence-electron chi connectivity index (χ0n) is 11.1. The fourth-order valence-electron chi connectivity index (χ4n) is 1.80. The lowest BCUT2D eigenvalue weighted by molar-refractivity contribution is -0.0497. The normalized spacial score (nSPS) is 11.4. The summed E-state index contributed by atoms with van der Waals surface area (Å²) in [6.45, 7) is -1.29. The van der Waals surface area contributed by atoms with Crippen LogP contribution in [0.2, 0.25) is 0 Å². The van der Waals surface area contributed by atoms with Gasteiger partial charge in [0.15, 0.2) is 0 Å². The summed E-state index contributed by atoms with van der Waals surface area (Å²) in [4.78, 5) is 0.130. The van der Waals surface area contributed by atoms with Gasteiger partial charge >= 0.3 is 6.61 Å². The molecule has 0 aliphatic rings. The molecule has 0 radical (unpaired) electrons. The number of hydrogen-bond donors (Lipinski definition) is 1. The minimum absolute atomic E-state index is 0.116. The molecule has 112 valence electrons. The lowest BCUT2D eigenvalue weighted by Gasteiger charge is -2.11. The van der Waals surface area contributed by atoms with E-state index in [9.17, 15) is 17.2 Å². The van der Waals surface area contributed by atoms with E-state index in [1.54, 1.807) is 25.1 Å². The molecule has 7 heteroatoms. The first kappa shape index (κ1) is 15.2. The molecule has 0 spiro atoms. The van der Waals surface area contributed by atoms with Crippen LogP contribution in [0.15, 0.2) is 53.4 Å². The van der Waals surface area contributed by atoms with E-state index in [4.69, 9.17) is 0 Å². The summed E-state index contributed by atoms with van der Waals surface area (Å²) >= 11 is 0. The molecule has 4 nitrogen and oxygen atoms in total. The molecule has 21 heavy (non-hydrogen) atoms. The lowest BCUT2D eigenvalue weighted by atomic mass is 10.2. The molecule has 0 saturated heterocycles. The fourth-order valence-corrected chi connectivity index (χ4v) is 3.10. The van der Waals surface area contributed by atoms with Gasteiger partial charge in [-0.25, -0.2) is 8.42 Å². The number of benzene rings is 2. The van der Waals surface area contributed by atoms with Gasteiger partial charge in [0, 0.05) is 6.07 Å². The zero-order valence-corrected chi connectivity index (χ0v) is 11.9. The van der Waals surface area contributed by atoms with Crippen LogP contribution in [-0.4, -0.2) is 15.0 Å². The Morgan fingerprint density at radius 3 is 2.48 bits per heavy atom. The Kier molecular flexibility index (Phi) is 4.42. The number of hydrogen-bond acceptors (Lipinski definition) is 3. The van der Waals surface area contributed by atoms with Crippen LogP contribution < -0.4 is 9.46 Å². The van der Waals surface area contributed by atoms with E-state index in [0.29, 0.717) is 5.56 Å². The molecule has 0 atom stereocenters. The van der Waals surface area contributed by atoms with Crippen molar-refractivity contribution in [2.75, 3.05) is 4.72 Å². The Morgan fingerprint density at radius 2 is 1.81 bits per heavy atom. The Balaban J connectivity index is 2.27. The van der Waals surface area contributed by atoms with Crippen molar-refractivity contribution in [3.05, 3.63) is 54.1 Å². The number of aryl methyl sites for hydroxylation is 1. The van der Waals surface area contributed by atoms with Gasteiger partial charge in [0.05, 0.1) is 10.6 Å². The van der Waals surface area contributed by atoms with Crippen LogP contribution in [0.3, 0.4) is 0 Å². The number of sulfonamides is 1. The van der Waals surface area contributed by atoms with Gasteiger partial charge in [-0.15, -0.1) is 0 Å². The zero-order chi connectivity index (χ0) is 15.5. The summed E-state index contributed by atoms with van der Waals surface area (Å²) < 4.78 is 55.4. The van der Waals surface area contributed by atoms with Gasteiger partial charge in [-0.05, 0) is 30.7 Å². The van der Waals surface area contributed by atoms with Crippen molar-refractivity contribution in [3.63, 3.8) is 0 Å². The van der Waals surface area contributed by atoms with Crippen molar-refractivity contribution in [2.24, 2.45) is 0 Å². The molecule has 0 aliphatic heterocycles. The molecule has 0 aromatic heterocycles. The largest absolute Gasteiger partial charge is 0.435 e. The molecule has 0 fully saturated rings. The molecule has 0 amide bonds. The first-order valence-corrected chi connectivity index (χ1v) is 7.50. The maximum Gasteiger partial charge on any atom is 0.387 e. The Hall–Kier alpha value is -2.15. The molecule has 0 heterocycles. The van der Waals surface area contributed by atoms with Gasteiger partial charge < -0.3 is 4.74 Å². The summed E-state index contributed by atoms with van der Waals surface area (Å²) in [5.41, 5.74) is 0.737. The summed E-state index contributed by atoms with van der Waals surface area (Å²) in [5.74, 6) is -0.116. The van der Waals surface area contributed by atoms with Crippen LogP contribution in [0, 0.1) is 6.92 Å². The summed E-state index contributed by atoms with van der Waals surface area (Å²) in [6.07, 6.45) is 0. The number of rotatable bonds is 5. The predicted octanol–water partition coefficient (Wildman–Crippen LogP) is 3.40. The van der Waals surface area contributed by atoms with Gasteiger partial charge in [-0.1, -0.05) is 24.3 Å². The number of halogens is 2. The molecule has 1 N–H and O–H groups in total. The van der Waals surface area contributed by atoms with Crippen LogP contribution in [0.5, 0.6) is 5.75 Å². The third kappa shape index (κ3) is 3.91. The Labute approximate surface area is 121 Å². The first-order valence-electron chi connectivity index (χ1n) is 6.02. The van der Waals surface area contributed by atoms with E-state index in [2.05, 4.69) is 9.46 Å². The SMILES string of the molecule is Cc1ccccc1S(=O)(=O)Nc1cccc(OC(F)F)c1. The monoisotopic (exact) mass is 313 g/mol. The Morgan fingerprint density at radius 1 is 1.10 bits per heavy atom. The minimum Gasteiger partial charge on any atom is -0.435 e. The van der Waals surface area contributed by atoms with Crippen LogP contribution >= 0.6 is 0 Å². The molecular weight excluding hydrogens is 300 g/mol. The van der Waals surface area contributed by atoms with E-state index in [-0.39, 0.29) is 16.3 Å². The molecule has 0 aliphatic carbocycles. The van der Waals surface area contributed by atoms with Gasteiger partial charge in [-0.3, -0.25) is 4.72 Å². The van der Waals surface area contributed by atoms with Crippen molar-refractivity contribution in [1.29, 1.82) is 0 Å². The van der Waals surface area contributed by atoms with E-state index >= 15 is 0 Å². The topological polar surface area (TPSA) is 55.4 Å². The highest BCUT2D eigenvalue weighted by molar-refractivity contribution is 7.92. The highest BCUT2D eigenvalue weighted by atomic mass is 32.2. The average Bonchev–Trinajstić information content (AvgIpc) is 2.38. The van der Waals surface area contributed by atoms with Gasteiger partial charge in [0.1, 0.15) is 5.75 Å². The van der Waals surface area contributed by atoms with Gasteiger partial charge in [0.25, 0.3) is 10.0 Å². The lowest BCUT2D eigenvalue weighted by Crippen LogP contribution is -2.14. The van der Waals surface area contributed by atoms with E-state index in [0.717, 1.165) is 0 Å². The molecule has 2 aromatic carbocycles. The van der Waals surface area contributed by atoms with Gasteiger partial charge in [-0.2, -0.15) is 8.78 Å². The second-order valence-corrected chi connectivity index (χ2v) is 5.93. The third-order valence-electron chi connectivity index (χ3n) is 2.69. The molecule has 0 saturated carbocycles.